The molecule has 0 saturated carbocycles. The number of rotatable bonds is 10. The summed E-state index contributed by atoms with van der Waals surface area (Å²) in [6.45, 7) is 7.66. The summed E-state index contributed by atoms with van der Waals surface area (Å²) in [6, 6.07) is 10.1. The van der Waals surface area contributed by atoms with Gasteiger partial charge < -0.3 is 20.1 Å². The van der Waals surface area contributed by atoms with Gasteiger partial charge in [0.2, 0.25) is 0 Å². The molecule has 0 atom stereocenters. The van der Waals surface area contributed by atoms with Gasteiger partial charge in [0.25, 0.3) is 0 Å². The lowest BCUT2D eigenvalue weighted by Crippen LogP contribution is -2.38. The normalized spacial score (nSPS) is 15.3. The third-order valence-corrected chi connectivity index (χ3v) is 4.78. The largest absolute Gasteiger partial charge is 0.492 e. The molecule has 29 heavy (non-hydrogen) atoms. The first-order chi connectivity index (χ1) is 14.3. The van der Waals surface area contributed by atoms with E-state index in [1.54, 1.807) is 13.2 Å². The van der Waals surface area contributed by atoms with Crippen molar-refractivity contribution in [2.75, 3.05) is 53.0 Å². The lowest BCUT2D eigenvalue weighted by Gasteiger charge is -2.26. The van der Waals surface area contributed by atoms with Crippen LogP contribution in [0.4, 0.5) is 0 Å². The fourth-order valence-electron chi connectivity index (χ4n) is 3.15. The van der Waals surface area contributed by atoms with Crippen LogP contribution in [0.2, 0.25) is 0 Å². The van der Waals surface area contributed by atoms with E-state index in [0.29, 0.717) is 13.2 Å². The number of hydrogen-bond donors (Lipinski definition) is 2. The molecule has 0 amide bonds. The zero-order valence-electron chi connectivity index (χ0n) is 17.2. The standard InChI is InChI=1S/C21H32N6O2/c1-22-21(23-7-3-9-27-10-4-8-25-27)24-18-19-5-2-6-20(17-19)29-16-13-26-11-14-28-15-12-26/h2,4-6,8,10,17H,3,7,9,11-16,18H2,1H3,(H2,22,23,24). The molecule has 8 heteroatoms. The van der Waals surface area contributed by atoms with Crippen LogP contribution in [0.1, 0.15) is 12.0 Å². The van der Waals surface area contributed by atoms with Gasteiger partial charge in [0.1, 0.15) is 12.4 Å². The van der Waals surface area contributed by atoms with Crippen LogP contribution >= 0.6 is 0 Å². The lowest BCUT2D eigenvalue weighted by molar-refractivity contribution is 0.0322. The summed E-state index contributed by atoms with van der Waals surface area (Å²) < 4.78 is 13.2. The third-order valence-electron chi connectivity index (χ3n) is 4.78. The number of aryl methyl sites for hydroxylation is 1. The molecule has 2 heterocycles. The van der Waals surface area contributed by atoms with E-state index in [1.165, 1.54) is 0 Å². The van der Waals surface area contributed by atoms with Crippen molar-refractivity contribution < 1.29 is 9.47 Å². The van der Waals surface area contributed by atoms with E-state index in [0.717, 1.165) is 69.6 Å². The van der Waals surface area contributed by atoms with Crippen LogP contribution in [0.3, 0.4) is 0 Å². The van der Waals surface area contributed by atoms with E-state index < -0.39 is 0 Å². The highest BCUT2D eigenvalue weighted by molar-refractivity contribution is 5.79. The Hall–Kier alpha value is -2.58. The van der Waals surface area contributed by atoms with Crippen molar-refractivity contribution in [1.29, 1.82) is 0 Å². The molecule has 158 valence electrons. The van der Waals surface area contributed by atoms with E-state index in [4.69, 9.17) is 9.47 Å². The Morgan fingerprint density at radius 2 is 2.10 bits per heavy atom. The van der Waals surface area contributed by atoms with E-state index in [1.807, 2.05) is 29.1 Å². The Morgan fingerprint density at radius 3 is 2.90 bits per heavy atom. The van der Waals surface area contributed by atoms with Crippen LogP contribution in [0.5, 0.6) is 5.75 Å². The number of hydrogen-bond acceptors (Lipinski definition) is 5. The van der Waals surface area contributed by atoms with Crippen molar-refractivity contribution in [3.63, 3.8) is 0 Å². The molecule has 3 rings (SSSR count). The van der Waals surface area contributed by atoms with Crippen LogP contribution in [0, 0.1) is 0 Å². The number of ether oxygens (including phenoxy) is 2. The fourth-order valence-corrected chi connectivity index (χ4v) is 3.15. The van der Waals surface area contributed by atoms with Crippen LogP contribution in [-0.4, -0.2) is 73.7 Å². The van der Waals surface area contributed by atoms with Crippen molar-refractivity contribution in [2.24, 2.45) is 4.99 Å². The maximum atomic E-state index is 5.93. The molecule has 1 fully saturated rings. The second kappa shape index (κ2) is 12.1. The summed E-state index contributed by atoms with van der Waals surface area (Å²) in [5, 5.41) is 10.9. The molecular weight excluding hydrogens is 368 g/mol. The monoisotopic (exact) mass is 400 g/mol. The smallest absolute Gasteiger partial charge is 0.191 e. The Morgan fingerprint density at radius 1 is 1.21 bits per heavy atom. The van der Waals surface area contributed by atoms with Gasteiger partial charge in [0.15, 0.2) is 5.96 Å². The number of aromatic nitrogens is 2. The van der Waals surface area contributed by atoms with E-state index in [2.05, 4.69) is 37.8 Å². The third kappa shape index (κ3) is 7.75. The van der Waals surface area contributed by atoms with Crippen molar-refractivity contribution in [3.05, 3.63) is 48.3 Å². The van der Waals surface area contributed by atoms with Gasteiger partial charge in [-0.3, -0.25) is 14.6 Å². The van der Waals surface area contributed by atoms with Crippen LogP contribution in [0.25, 0.3) is 0 Å². The van der Waals surface area contributed by atoms with Gasteiger partial charge in [-0.05, 0) is 30.2 Å². The molecule has 1 aromatic carbocycles. The van der Waals surface area contributed by atoms with Gasteiger partial charge in [-0.15, -0.1) is 0 Å². The van der Waals surface area contributed by atoms with Crippen LogP contribution < -0.4 is 15.4 Å². The molecule has 8 nitrogen and oxygen atoms in total. The number of guanidine groups is 1. The average molecular weight is 401 g/mol. The minimum absolute atomic E-state index is 0.691. The van der Waals surface area contributed by atoms with Crippen molar-refractivity contribution in [1.82, 2.24) is 25.3 Å². The van der Waals surface area contributed by atoms with Crippen molar-refractivity contribution >= 4 is 5.96 Å². The summed E-state index contributed by atoms with van der Waals surface area (Å²) in [7, 11) is 1.79. The Labute approximate surface area is 172 Å². The number of benzene rings is 1. The maximum absolute atomic E-state index is 5.93. The highest BCUT2D eigenvalue weighted by Crippen LogP contribution is 2.13. The fraction of sp³-hybridized carbons (Fsp3) is 0.524. The molecule has 2 N–H and O–H groups in total. The van der Waals surface area contributed by atoms with E-state index >= 15 is 0 Å². The van der Waals surface area contributed by atoms with Gasteiger partial charge in [0, 0.05) is 58.7 Å². The summed E-state index contributed by atoms with van der Waals surface area (Å²) in [5.74, 6) is 1.70. The van der Waals surface area contributed by atoms with Gasteiger partial charge in [-0.2, -0.15) is 5.10 Å². The Balaban J connectivity index is 1.34. The van der Waals surface area contributed by atoms with E-state index in [-0.39, 0.29) is 0 Å². The van der Waals surface area contributed by atoms with Gasteiger partial charge in [-0.25, -0.2) is 0 Å². The summed E-state index contributed by atoms with van der Waals surface area (Å²) in [4.78, 5) is 6.66. The Kier molecular flexibility index (Phi) is 8.81. The SMILES string of the molecule is CN=C(NCCCn1cccn1)NCc1cccc(OCCN2CCOCC2)c1. The Bertz CT molecular complexity index is 729. The minimum Gasteiger partial charge on any atom is -0.492 e. The molecule has 0 spiro atoms. The molecule has 2 aromatic rings. The topological polar surface area (TPSA) is 75.9 Å². The zero-order chi connectivity index (χ0) is 20.2. The number of nitrogens with zero attached hydrogens (tertiary/aromatic N) is 4. The quantitative estimate of drug-likeness (QED) is 0.356. The molecule has 1 aliphatic rings. The summed E-state index contributed by atoms with van der Waals surface area (Å²) in [6.07, 6.45) is 4.76. The highest BCUT2D eigenvalue weighted by Gasteiger charge is 2.09. The molecule has 0 unspecified atom stereocenters. The molecule has 1 saturated heterocycles. The van der Waals surface area contributed by atoms with Gasteiger partial charge in [-0.1, -0.05) is 12.1 Å². The molecule has 0 aliphatic carbocycles. The summed E-state index contributed by atoms with van der Waals surface area (Å²) in [5.41, 5.74) is 1.16. The first-order valence-electron chi connectivity index (χ1n) is 10.3. The molecular formula is C21H32N6O2. The van der Waals surface area contributed by atoms with Crippen LogP contribution in [-0.2, 0) is 17.8 Å². The maximum Gasteiger partial charge on any atom is 0.191 e. The predicted octanol–water partition coefficient (Wildman–Crippen LogP) is 1.35. The molecule has 0 radical (unpaired) electrons. The summed E-state index contributed by atoms with van der Waals surface area (Å²) >= 11 is 0. The molecule has 1 aliphatic heterocycles. The number of aliphatic imine (C=N–C) groups is 1. The van der Waals surface area contributed by atoms with Gasteiger partial charge in [0.05, 0.1) is 13.2 Å². The highest BCUT2D eigenvalue weighted by atomic mass is 16.5. The lowest BCUT2D eigenvalue weighted by atomic mass is 10.2. The first-order valence-corrected chi connectivity index (χ1v) is 10.3. The van der Waals surface area contributed by atoms with Crippen molar-refractivity contribution in [2.45, 2.75) is 19.5 Å². The second-order valence-electron chi connectivity index (χ2n) is 6.93. The predicted molar refractivity (Wildman–Crippen MR) is 114 cm³/mol. The number of morpholine rings is 1. The zero-order valence-corrected chi connectivity index (χ0v) is 17.2. The molecule has 1 aromatic heterocycles. The first kappa shape index (κ1) is 21.1. The minimum atomic E-state index is 0.691. The second-order valence-corrected chi connectivity index (χ2v) is 6.93. The van der Waals surface area contributed by atoms with Crippen molar-refractivity contribution in [3.8, 4) is 5.75 Å². The molecule has 0 bridgehead atoms. The van der Waals surface area contributed by atoms with Crippen LogP contribution in [0.15, 0.2) is 47.7 Å². The average Bonchev–Trinajstić information content (AvgIpc) is 3.28. The van der Waals surface area contributed by atoms with Gasteiger partial charge >= 0.3 is 0 Å². The number of nitrogens with one attached hydrogen (secondary N) is 2. The van der Waals surface area contributed by atoms with E-state index in [9.17, 15) is 0 Å².